The summed E-state index contributed by atoms with van der Waals surface area (Å²) in [6, 6.07) is 2.90. The Morgan fingerprint density at radius 2 is 2.29 bits per heavy atom. The van der Waals surface area contributed by atoms with Gasteiger partial charge in [0, 0.05) is 10.9 Å². The van der Waals surface area contributed by atoms with E-state index in [4.69, 9.17) is 0 Å². The van der Waals surface area contributed by atoms with E-state index in [-0.39, 0.29) is 0 Å². The molecule has 1 aromatic heterocycles. The molecule has 1 aliphatic rings. The second-order valence-corrected chi connectivity index (χ2v) is 6.46. The number of rotatable bonds is 3. The third-order valence-corrected chi connectivity index (χ3v) is 5.33. The van der Waals surface area contributed by atoms with Crippen molar-refractivity contribution in [3.05, 3.63) is 20.3 Å². The Bertz CT molecular complexity index is 298. The Balaban J connectivity index is 2.17. The van der Waals surface area contributed by atoms with E-state index in [1.54, 1.807) is 0 Å². The lowest BCUT2D eigenvalue weighted by Gasteiger charge is -2.32. The molecule has 2 rings (SSSR count). The minimum Gasteiger partial charge on any atom is -0.312 e. The van der Waals surface area contributed by atoms with Crippen molar-refractivity contribution in [1.29, 1.82) is 0 Å². The third-order valence-electron chi connectivity index (χ3n) is 3.12. The molecule has 14 heavy (non-hydrogen) atoms. The molecule has 3 heteroatoms. The van der Waals surface area contributed by atoms with Crippen LogP contribution in [-0.2, 0) is 0 Å². The van der Waals surface area contributed by atoms with Crippen molar-refractivity contribution in [1.82, 2.24) is 5.32 Å². The summed E-state index contributed by atoms with van der Waals surface area (Å²) < 4.78 is 1.28. The van der Waals surface area contributed by atoms with E-state index in [1.807, 2.05) is 11.3 Å². The highest BCUT2D eigenvalue weighted by atomic mass is 79.9. The van der Waals surface area contributed by atoms with Crippen molar-refractivity contribution in [2.24, 2.45) is 5.92 Å². The van der Waals surface area contributed by atoms with Gasteiger partial charge < -0.3 is 5.32 Å². The molecule has 0 aliphatic heterocycles. The summed E-state index contributed by atoms with van der Waals surface area (Å²) in [4.78, 5) is 1.49. The number of nitrogens with one attached hydrogen (secondary N) is 1. The first-order chi connectivity index (χ1) is 6.72. The molecule has 1 heterocycles. The molecule has 1 aromatic rings. The summed E-state index contributed by atoms with van der Waals surface area (Å²) in [5.74, 6) is 0.866. The van der Waals surface area contributed by atoms with Gasteiger partial charge in [0.15, 0.2) is 0 Å². The van der Waals surface area contributed by atoms with Crippen molar-refractivity contribution >= 4 is 27.3 Å². The van der Waals surface area contributed by atoms with Crippen LogP contribution in [0.4, 0.5) is 0 Å². The van der Waals surface area contributed by atoms with Crippen LogP contribution in [-0.4, -0.2) is 7.05 Å². The summed E-state index contributed by atoms with van der Waals surface area (Å²) >= 11 is 5.47. The molecule has 1 atom stereocenters. The van der Waals surface area contributed by atoms with Crippen LogP contribution in [0.25, 0.3) is 0 Å². The zero-order valence-corrected chi connectivity index (χ0v) is 11.0. The first-order valence-corrected chi connectivity index (χ1v) is 6.76. The van der Waals surface area contributed by atoms with Crippen molar-refractivity contribution in [3.8, 4) is 0 Å². The number of halogens is 1. The SMILES string of the molecule is CNC(c1cc(C)c(Br)s1)C1CCC1. The molecule has 0 saturated heterocycles. The minimum atomic E-state index is 0.582. The average molecular weight is 274 g/mol. The van der Waals surface area contributed by atoms with E-state index >= 15 is 0 Å². The van der Waals surface area contributed by atoms with Gasteiger partial charge in [0.2, 0.25) is 0 Å². The van der Waals surface area contributed by atoms with Crippen LogP contribution < -0.4 is 5.32 Å². The molecule has 1 aliphatic carbocycles. The second kappa shape index (κ2) is 4.33. The van der Waals surface area contributed by atoms with Gasteiger partial charge in [-0.25, -0.2) is 0 Å². The average Bonchev–Trinajstić information content (AvgIpc) is 2.39. The van der Waals surface area contributed by atoms with Crippen molar-refractivity contribution < 1.29 is 0 Å². The normalized spacial score (nSPS) is 19.4. The molecule has 0 spiro atoms. The molecule has 1 N–H and O–H groups in total. The van der Waals surface area contributed by atoms with Crippen LogP contribution in [0.2, 0.25) is 0 Å². The maximum absolute atomic E-state index is 3.59. The molecule has 0 aromatic carbocycles. The Morgan fingerprint density at radius 1 is 1.57 bits per heavy atom. The van der Waals surface area contributed by atoms with E-state index in [9.17, 15) is 0 Å². The zero-order chi connectivity index (χ0) is 10.1. The van der Waals surface area contributed by atoms with Gasteiger partial charge in [0.25, 0.3) is 0 Å². The van der Waals surface area contributed by atoms with Crippen LogP contribution >= 0.6 is 27.3 Å². The van der Waals surface area contributed by atoms with Gasteiger partial charge in [0.1, 0.15) is 0 Å². The van der Waals surface area contributed by atoms with Crippen molar-refractivity contribution in [2.45, 2.75) is 32.2 Å². The Hall–Kier alpha value is 0.140. The van der Waals surface area contributed by atoms with Gasteiger partial charge in [0.05, 0.1) is 3.79 Å². The fourth-order valence-corrected chi connectivity index (χ4v) is 3.80. The fraction of sp³-hybridized carbons (Fsp3) is 0.636. The van der Waals surface area contributed by atoms with Gasteiger partial charge >= 0.3 is 0 Å². The highest BCUT2D eigenvalue weighted by Gasteiger charge is 2.28. The van der Waals surface area contributed by atoms with Crippen LogP contribution in [0.5, 0.6) is 0 Å². The summed E-state index contributed by atoms with van der Waals surface area (Å²) in [5, 5.41) is 3.45. The smallest absolute Gasteiger partial charge is 0.0731 e. The lowest BCUT2D eigenvalue weighted by Crippen LogP contribution is -2.29. The first kappa shape index (κ1) is 10.7. The quantitative estimate of drug-likeness (QED) is 0.882. The lowest BCUT2D eigenvalue weighted by atomic mass is 9.79. The largest absolute Gasteiger partial charge is 0.312 e. The summed E-state index contributed by atoms with van der Waals surface area (Å²) in [7, 11) is 2.08. The predicted octanol–water partition coefficient (Wildman–Crippen LogP) is 3.88. The van der Waals surface area contributed by atoms with E-state index in [0.717, 1.165) is 5.92 Å². The molecule has 1 unspecified atom stereocenters. The van der Waals surface area contributed by atoms with Crippen LogP contribution in [0, 0.1) is 12.8 Å². The topological polar surface area (TPSA) is 12.0 Å². The van der Waals surface area contributed by atoms with E-state index in [0.29, 0.717) is 6.04 Å². The molecule has 78 valence electrons. The van der Waals surface area contributed by atoms with Gasteiger partial charge in [-0.2, -0.15) is 0 Å². The summed E-state index contributed by atoms with van der Waals surface area (Å²) in [6.45, 7) is 2.16. The summed E-state index contributed by atoms with van der Waals surface area (Å²) in [5.41, 5.74) is 1.37. The molecule has 1 saturated carbocycles. The molecule has 0 amide bonds. The standard InChI is InChI=1S/C11H16BrNS/c1-7-6-9(14-11(7)12)10(13-2)8-4-3-5-8/h6,8,10,13H,3-5H2,1-2H3. The third kappa shape index (κ3) is 1.90. The highest BCUT2D eigenvalue weighted by molar-refractivity contribution is 9.11. The first-order valence-electron chi connectivity index (χ1n) is 5.15. The molecule has 0 bridgehead atoms. The fourth-order valence-electron chi connectivity index (χ4n) is 2.02. The van der Waals surface area contributed by atoms with Crippen molar-refractivity contribution in [2.75, 3.05) is 7.05 Å². The number of hydrogen-bond donors (Lipinski definition) is 1. The van der Waals surface area contributed by atoms with E-state index in [2.05, 4.69) is 41.3 Å². The maximum atomic E-state index is 3.59. The summed E-state index contributed by atoms with van der Waals surface area (Å²) in [6.07, 6.45) is 4.19. The van der Waals surface area contributed by atoms with E-state index < -0.39 is 0 Å². The molecular formula is C11H16BrNS. The van der Waals surface area contributed by atoms with E-state index in [1.165, 1.54) is 33.5 Å². The van der Waals surface area contributed by atoms with Gasteiger partial charge in [-0.05, 0) is 60.3 Å². The van der Waals surface area contributed by atoms with Crippen LogP contribution in [0.15, 0.2) is 9.85 Å². The minimum absolute atomic E-state index is 0.582. The number of hydrogen-bond acceptors (Lipinski definition) is 2. The Morgan fingerprint density at radius 3 is 2.64 bits per heavy atom. The Kier molecular flexibility index (Phi) is 3.30. The number of thiophene rings is 1. The monoisotopic (exact) mass is 273 g/mol. The van der Waals surface area contributed by atoms with Gasteiger partial charge in [-0.15, -0.1) is 11.3 Å². The maximum Gasteiger partial charge on any atom is 0.0731 e. The number of aryl methyl sites for hydroxylation is 1. The van der Waals surface area contributed by atoms with Crippen LogP contribution in [0.3, 0.4) is 0 Å². The molecule has 0 radical (unpaired) electrons. The van der Waals surface area contributed by atoms with Gasteiger partial charge in [-0.1, -0.05) is 6.42 Å². The predicted molar refractivity (Wildman–Crippen MR) is 65.9 cm³/mol. The molecular weight excluding hydrogens is 258 g/mol. The van der Waals surface area contributed by atoms with Crippen molar-refractivity contribution in [3.63, 3.8) is 0 Å². The lowest BCUT2D eigenvalue weighted by molar-refractivity contribution is 0.242. The molecule has 1 nitrogen and oxygen atoms in total. The zero-order valence-electron chi connectivity index (χ0n) is 8.64. The molecule has 1 fully saturated rings. The second-order valence-electron chi connectivity index (χ2n) is 4.06. The van der Waals surface area contributed by atoms with Crippen LogP contribution in [0.1, 0.15) is 35.7 Å². The van der Waals surface area contributed by atoms with Gasteiger partial charge in [-0.3, -0.25) is 0 Å². The highest BCUT2D eigenvalue weighted by Crippen LogP contribution is 2.41. The Labute approximate surface area is 98.0 Å².